The van der Waals surface area contributed by atoms with Crippen molar-refractivity contribution < 1.29 is 81.6 Å². The summed E-state index contributed by atoms with van der Waals surface area (Å²) in [5.41, 5.74) is 4.00. The molecule has 8 aliphatic heterocycles. The Labute approximate surface area is 733 Å². The number of nitrogens with zero attached hydrogens (tertiary/aromatic N) is 16. The number of aliphatic carboxylic acids is 1. The molecule has 3 N–H and O–H groups in total. The number of nitriles is 1. The molecule has 0 radical (unpaired) electrons. The van der Waals surface area contributed by atoms with Crippen LogP contribution in [0, 0.1) is 35.1 Å². The van der Waals surface area contributed by atoms with Gasteiger partial charge in [0, 0.05) is 168 Å². The summed E-state index contributed by atoms with van der Waals surface area (Å²) in [4.78, 5) is 133. The molecule has 35 heteroatoms. The maximum Gasteiger partial charge on any atom is 0.410 e. The van der Waals surface area contributed by atoms with Gasteiger partial charge in [-0.3, -0.25) is 24.0 Å². The highest BCUT2D eigenvalue weighted by atomic mass is 16.7. The first kappa shape index (κ1) is 98.4. The van der Waals surface area contributed by atoms with Crippen LogP contribution in [0.3, 0.4) is 0 Å². The molecule has 11 heterocycles. The fraction of sp³-hybridized carbons (Fsp3) is 0.556. The number of nitrogens with one attached hydrogen (secondary N) is 2. The van der Waals surface area contributed by atoms with E-state index >= 15 is 0 Å². The number of urea groups is 1. The summed E-state index contributed by atoms with van der Waals surface area (Å²) in [5, 5.41) is 38.7. The Kier molecular flexibility index (Phi) is 34.2. The summed E-state index contributed by atoms with van der Waals surface area (Å²) >= 11 is 0. The fourth-order valence-electron chi connectivity index (χ4n) is 12.8. The number of hydrogen-bond donors (Lipinski definition) is 3. The van der Waals surface area contributed by atoms with Crippen LogP contribution in [0.25, 0.3) is 17.1 Å². The summed E-state index contributed by atoms with van der Waals surface area (Å²) in [6.45, 7) is 38.3. The highest BCUT2D eigenvalue weighted by Crippen LogP contribution is 2.31. The van der Waals surface area contributed by atoms with E-state index in [2.05, 4.69) is 50.3 Å². The normalized spacial score (nSPS) is 17.3. The van der Waals surface area contributed by atoms with Gasteiger partial charge in [0.1, 0.15) is 33.8 Å². The van der Waals surface area contributed by atoms with Gasteiger partial charge in [-0.05, 0) is 178 Å². The molecule has 8 aliphatic rings. The molecule has 0 saturated carbocycles. The molecular formula is C90H128N18O17. The van der Waals surface area contributed by atoms with Gasteiger partial charge in [-0.2, -0.15) is 20.6 Å². The van der Waals surface area contributed by atoms with Gasteiger partial charge < -0.3 is 78.6 Å². The number of Topliss-reactive ketones (excluding diaryl/α,β-unsaturated/α-hetero) is 1. The Morgan fingerprint density at radius 3 is 1.09 bits per heavy atom. The molecule has 0 unspecified atom stereocenters. The Bertz CT molecular complexity index is 4570. The molecule has 125 heavy (non-hydrogen) atoms. The lowest BCUT2D eigenvalue weighted by Gasteiger charge is -2.39. The van der Waals surface area contributed by atoms with Crippen molar-refractivity contribution in [3.8, 4) is 23.3 Å². The van der Waals surface area contributed by atoms with Crippen molar-refractivity contribution in [1.29, 1.82) is 5.26 Å². The number of carbonyl (C=O) groups excluding carboxylic acids is 9. The first-order valence-electron chi connectivity index (χ1n) is 42.2. The summed E-state index contributed by atoms with van der Waals surface area (Å²) in [5.74, 6) is -0.279. The molecule has 0 spiro atoms. The van der Waals surface area contributed by atoms with Crippen LogP contribution < -0.4 is 10.6 Å². The van der Waals surface area contributed by atoms with Crippen molar-refractivity contribution >= 4 is 59.9 Å². The Balaban J connectivity index is 0.000000183. The molecule has 8 saturated heterocycles. The number of likely N-dealkylation sites (tertiary alicyclic amines) is 7. The number of hydroxylamine groups is 2. The van der Waals surface area contributed by atoms with Crippen LogP contribution >= 0.6 is 0 Å². The second kappa shape index (κ2) is 43.5. The molecule has 3 aromatic carbocycles. The molecule has 0 aliphatic carbocycles. The Morgan fingerprint density at radius 2 is 0.784 bits per heavy atom. The van der Waals surface area contributed by atoms with Crippen LogP contribution in [-0.2, 0) is 47.7 Å². The number of aromatic nitrogens is 6. The van der Waals surface area contributed by atoms with Gasteiger partial charge in [-0.15, -0.1) is 0 Å². The van der Waals surface area contributed by atoms with Crippen LogP contribution in [-0.4, -0.2) is 306 Å². The van der Waals surface area contributed by atoms with Crippen molar-refractivity contribution in [2.75, 3.05) is 133 Å². The van der Waals surface area contributed by atoms with E-state index in [1.54, 1.807) is 71.5 Å². The van der Waals surface area contributed by atoms with Gasteiger partial charge in [-0.1, -0.05) is 54.6 Å². The zero-order valence-electron chi connectivity index (χ0n) is 76.1. The minimum Gasteiger partial charge on any atom is -0.481 e. The van der Waals surface area contributed by atoms with E-state index in [-0.39, 0.29) is 96.6 Å². The first-order valence-corrected chi connectivity index (χ1v) is 42.2. The third-order valence-corrected chi connectivity index (χ3v) is 20.2. The van der Waals surface area contributed by atoms with Crippen molar-refractivity contribution in [3.63, 3.8) is 0 Å². The van der Waals surface area contributed by atoms with Crippen LogP contribution in [0.2, 0.25) is 0 Å². The maximum absolute atomic E-state index is 12.3. The zero-order chi connectivity index (χ0) is 92.1. The molecule has 1 atom stereocenters. The molecule has 680 valence electrons. The average molecular weight is 1730 g/mol. The van der Waals surface area contributed by atoms with Crippen molar-refractivity contribution in [2.24, 2.45) is 23.7 Å². The van der Waals surface area contributed by atoms with Crippen LogP contribution in [0.5, 0.6) is 0 Å². The molecule has 8 amide bonds. The van der Waals surface area contributed by atoms with Crippen LogP contribution in [0.4, 0.5) is 28.8 Å². The molecule has 6 aromatic rings. The second-order valence-corrected chi connectivity index (χ2v) is 37.1. The molecule has 8 fully saturated rings. The predicted octanol–water partition coefficient (Wildman–Crippen LogP) is 11.1. The lowest BCUT2D eigenvalue weighted by molar-refractivity contribution is -0.178. The Morgan fingerprint density at radius 1 is 0.456 bits per heavy atom. The number of amides is 8. The Hall–Kier alpha value is -12.1. The van der Waals surface area contributed by atoms with Crippen LogP contribution in [0.15, 0.2) is 140 Å². The highest BCUT2D eigenvalue weighted by molar-refractivity contribution is 5.93. The van der Waals surface area contributed by atoms with E-state index in [0.717, 1.165) is 54.5 Å². The van der Waals surface area contributed by atoms with E-state index in [0.29, 0.717) is 77.9 Å². The number of carbonyl (C=O) groups is 10. The molecule has 3 aromatic heterocycles. The SMILES string of the molecule is CC(=O)C1CN(C(=O)OC(C)(C)C)C1.CC(C)(C)OC(=O)N1CC(C(=O)O)C1.CC(C)(C)OC(=O)N1CC(c2ccn(-c3ccccc3)n2)C1.CN(C)/C=C/C(=O)C1CN(C(=O)OC(C)(C)C)C1.CON(C)C(=O)C1CN(C(=O)OC(C)(C)C)C1.N#CN1CC[C@@H](NC(=O)N2CC(c3ccn(-c4ccccc4)n3)C2)C1.c1ccc(-n2ccc(C3CNC3)n2)cc1. The van der Waals surface area contributed by atoms with Gasteiger partial charge in [-0.25, -0.2) is 47.9 Å². The largest absolute Gasteiger partial charge is 0.481 e. The van der Waals surface area contributed by atoms with E-state index in [1.807, 2.05) is 226 Å². The average Bonchev–Trinajstić information content (AvgIpc) is 1.72. The zero-order valence-corrected chi connectivity index (χ0v) is 76.1. The standard InChI is InChI=1S/C18H20N6O.C17H21N3O2.C13H22N2O3.C12H13N3.C11H20N2O4.C10H17NO3.C9H15NO4/c19-13-22-8-6-15(12-22)20-18(25)23-10-14(11-23)17-7-9-24(21-17)16-4-2-1-3-5-16;1-17(2,3)22-16(21)19-11-13(12-19)15-9-10-20(18-15)14-7-5-4-6-8-14;1-13(2,3)18-12(17)15-8-10(9-15)11(16)6-7-14(4)5;1-2-4-11(5-3-1)15-7-6-12(14-15)10-8-13-9-10;1-11(2,3)17-10(15)13-6-8(7-13)9(14)12(4)16-5;1-7(12)8-5-11(6-8)9(13)14-10(2,3)4;1-9(2,3)14-8(13)10-4-6(5-10)7(11)12/h1-5,7,9,14-15H,6,8,10-12H2,(H,20,25);4-10,13H,11-12H2,1-3H3;6-7,10H,8-9H2,1-5H3;1-7,10,13H,8-9H2;8H,6-7H2,1-5H3;8H,5-6H2,1-4H3;6H,4-5H2,1-3H3,(H,11,12)/b;;7-6+;;;;/t15-;;;;;;/m1....../s1. The van der Waals surface area contributed by atoms with Gasteiger partial charge in [0.25, 0.3) is 5.91 Å². The molecule has 0 bridgehead atoms. The monoisotopic (exact) mass is 1730 g/mol. The highest BCUT2D eigenvalue weighted by Gasteiger charge is 2.43. The summed E-state index contributed by atoms with van der Waals surface area (Å²) in [6.07, 6.45) is 10.5. The number of ketones is 2. The predicted molar refractivity (Wildman–Crippen MR) is 466 cm³/mol. The summed E-state index contributed by atoms with van der Waals surface area (Å²) < 4.78 is 31.6. The number of rotatable bonds is 14. The van der Waals surface area contributed by atoms with Crippen molar-refractivity contribution in [3.05, 3.63) is 157 Å². The molecular weight excluding hydrogens is 1610 g/mol. The summed E-state index contributed by atoms with van der Waals surface area (Å²) in [6, 6.07) is 36.4. The fourth-order valence-corrected chi connectivity index (χ4v) is 12.8. The third kappa shape index (κ3) is 31.3. The van der Waals surface area contributed by atoms with E-state index in [9.17, 15) is 47.9 Å². The quantitative estimate of drug-likeness (QED) is 0.0395. The van der Waals surface area contributed by atoms with Gasteiger partial charge in [0.05, 0.1) is 71.0 Å². The van der Waals surface area contributed by atoms with E-state index < -0.39 is 46.0 Å². The number of para-hydroxylation sites is 3. The smallest absolute Gasteiger partial charge is 0.410 e. The van der Waals surface area contributed by atoms with Gasteiger partial charge >= 0.3 is 42.5 Å². The van der Waals surface area contributed by atoms with E-state index in [4.69, 9.17) is 38.9 Å². The number of benzene rings is 3. The van der Waals surface area contributed by atoms with Gasteiger partial charge in [0.15, 0.2) is 12.0 Å². The third-order valence-electron chi connectivity index (χ3n) is 20.2. The molecule has 14 rings (SSSR count). The number of allylic oxidation sites excluding steroid dienone is 1. The number of carboxylic acids is 1. The minimum absolute atomic E-state index is 0.0162. The number of ether oxygens (including phenoxy) is 5. The van der Waals surface area contributed by atoms with Crippen molar-refractivity contribution in [1.82, 2.24) is 84.2 Å². The summed E-state index contributed by atoms with van der Waals surface area (Å²) in [7, 11) is 6.70. The van der Waals surface area contributed by atoms with E-state index in [1.165, 1.54) is 27.7 Å². The minimum atomic E-state index is -0.857. The lowest BCUT2D eigenvalue weighted by Crippen LogP contribution is -2.56. The second-order valence-electron chi connectivity index (χ2n) is 37.1. The maximum atomic E-state index is 12.3. The lowest BCUT2D eigenvalue weighted by atomic mass is 9.95. The topological polar surface area (TPSA) is 377 Å². The number of carboxylic acid groups (broad SMARTS) is 1. The van der Waals surface area contributed by atoms with Crippen LogP contribution in [0.1, 0.15) is 152 Å². The van der Waals surface area contributed by atoms with Gasteiger partial charge in [0.2, 0.25) is 0 Å². The first-order chi connectivity index (χ1) is 58.6. The number of hydrogen-bond acceptors (Lipinski definition) is 23. The molecule has 35 nitrogen and oxygen atoms in total. The van der Waals surface area contributed by atoms with Crippen molar-refractivity contribution in [2.45, 2.75) is 169 Å².